The van der Waals surface area contributed by atoms with Crippen LogP contribution in [0.15, 0.2) is 12.1 Å². The molecule has 90 valence electrons. The minimum Gasteiger partial charge on any atom is -0.353 e. The van der Waals surface area contributed by atoms with Gasteiger partial charge in [-0.1, -0.05) is 0 Å². The van der Waals surface area contributed by atoms with E-state index in [0.29, 0.717) is 10.9 Å². The Morgan fingerprint density at radius 1 is 1.12 bits per heavy atom. The summed E-state index contributed by atoms with van der Waals surface area (Å²) in [6.45, 7) is 4.06. The highest BCUT2D eigenvalue weighted by molar-refractivity contribution is 6.28. The van der Waals surface area contributed by atoms with Crippen molar-refractivity contribution in [1.29, 1.82) is 0 Å². The van der Waals surface area contributed by atoms with E-state index in [4.69, 9.17) is 11.6 Å². The van der Waals surface area contributed by atoms with Crippen LogP contribution >= 0.6 is 11.6 Å². The van der Waals surface area contributed by atoms with Gasteiger partial charge in [0, 0.05) is 26.2 Å². The van der Waals surface area contributed by atoms with Crippen molar-refractivity contribution < 1.29 is 0 Å². The van der Waals surface area contributed by atoms with E-state index >= 15 is 0 Å². The lowest BCUT2D eigenvalue weighted by atomic mass is 10.3. The fourth-order valence-corrected chi connectivity index (χ4v) is 2.12. The van der Waals surface area contributed by atoms with Gasteiger partial charge in [-0.2, -0.15) is 4.52 Å². The van der Waals surface area contributed by atoms with Crippen LogP contribution in [0.25, 0.3) is 5.65 Å². The SMILES string of the molecule is CN1CCN(c2ccc3nnc(Cl)n3n2)CC1. The van der Waals surface area contributed by atoms with Gasteiger partial charge >= 0.3 is 0 Å². The van der Waals surface area contributed by atoms with E-state index in [0.717, 1.165) is 32.0 Å². The minimum absolute atomic E-state index is 0.302. The van der Waals surface area contributed by atoms with Crippen molar-refractivity contribution in [3.63, 3.8) is 0 Å². The first kappa shape index (κ1) is 10.7. The molecule has 0 bridgehead atoms. The van der Waals surface area contributed by atoms with Crippen LogP contribution in [0, 0.1) is 0 Å². The summed E-state index contributed by atoms with van der Waals surface area (Å²) in [7, 11) is 2.13. The average Bonchev–Trinajstić information content (AvgIpc) is 2.72. The van der Waals surface area contributed by atoms with Gasteiger partial charge < -0.3 is 9.80 Å². The number of aromatic nitrogens is 4. The molecule has 17 heavy (non-hydrogen) atoms. The first-order chi connectivity index (χ1) is 8.24. The number of fused-ring (bicyclic) bond motifs is 1. The van der Waals surface area contributed by atoms with Gasteiger partial charge in [0.05, 0.1) is 0 Å². The lowest BCUT2D eigenvalue weighted by molar-refractivity contribution is 0.311. The van der Waals surface area contributed by atoms with Gasteiger partial charge in [-0.25, -0.2) is 0 Å². The van der Waals surface area contributed by atoms with Crippen molar-refractivity contribution in [2.24, 2.45) is 0 Å². The maximum Gasteiger partial charge on any atom is 0.246 e. The quantitative estimate of drug-likeness (QED) is 0.741. The molecule has 0 radical (unpaired) electrons. The van der Waals surface area contributed by atoms with E-state index in [-0.39, 0.29) is 0 Å². The summed E-state index contributed by atoms with van der Waals surface area (Å²) in [4.78, 5) is 4.55. The normalized spacial score (nSPS) is 17.9. The third-order valence-electron chi connectivity index (χ3n) is 3.04. The summed E-state index contributed by atoms with van der Waals surface area (Å²) in [6, 6.07) is 3.85. The summed E-state index contributed by atoms with van der Waals surface area (Å²) in [5.41, 5.74) is 0.674. The molecule has 0 amide bonds. The van der Waals surface area contributed by atoms with Crippen molar-refractivity contribution in [3.05, 3.63) is 17.4 Å². The van der Waals surface area contributed by atoms with E-state index < -0.39 is 0 Å². The highest BCUT2D eigenvalue weighted by Gasteiger charge is 2.16. The largest absolute Gasteiger partial charge is 0.353 e. The number of halogens is 1. The Morgan fingerprint density at radius 2 is 1.88 bits per heavy atom. The van der Waals surface area contributed by atoms with Gasteiger partial charge in [0.1, 0.15) is 5.82 Å². The molecule has 0 unspecified atom stereocenters. The molecule has 7 heteroatoms. The van der Waals surface area contributed by atoms with Crippen LogP contribution in [0.5, 0.6) is 0 Å². The van der Waals surface area contributed by atoms with E-state index in [9.17, 15) is 0 Å². The zero-order valence-electron chi connectivity index (χ0n) is 9.54. The molecule has 0 aliphatic carbocycles. The smallest absolute Gasteiger partial charge is 0.246 e. The standard InChI is InChI=1S/C10H13ClN6/c1-15-4-6-16(7-5-15)9-3-2-8-12-13-10(11)17(8)14-9/h2-3H,4-7H2,1H3. The van der Waals surface area contributed by atoms with Crippen molar-refractivity contribution in [2.45, 2.75) is 0 Å². The molecular formula is C10H13ClN6. The molecule has 0 N–H and O–H groups in total. The maximum atomic E-state index is 5.91. The van der Waals surface area contributed by atoms with Gasteiger partial charge in [0.2, 0.25) is 5.28 Å². The molecule has 0 spiro atoms. The van der Waals surface area contributed by atoms with Gasteiger partial charge in [0.25, 0.3) is 0 Å². The first-order valence-corrected chi connectivity index (χ1v) is 5.93. The van der Waals surface area contributed by atoms with Crippen LogP contribution in [0.3, 0.4) is 0 Å². The molecule has 1 saturated heterocycles. The van der Waals surface area contributed by atoms with Crippen LogP contribution in [0.4, 0.5) is 5.82 Å². The number of nitrogens with zero attached hydrogens (tertiary/aromatic N) is 6. The highest BCUT2D eigenvalue weighted by atomic mass is 35.5. The molecule has 3 rings (SSSR count). The van der Waals surface area contributed by atoms with E-state index in [1.54, 1.807) is 4.52 Å². The van der Waals surface area contributed by atoms with E-state index in [1.807, 2.05) is 12.1 Å². The molecular weight excluding hydrogens is 240 g/mol. The molecule has 2 aromatic heterocycles. The number of hydrogen-bond donors (Lipinski definition) is 0. The van der Waals surface area contributed by atoms with Crippen LogP contribution in [0.1, 0.15) is 0 Å². The third-order valence-corrected chi connectivity index (χ3v) is 3.27. The van der Waals surface area contributed by atoms with Gasteiger partial charge in [0.15, 0.2) is 5.65 Å². The summed E-state index contributed by atoms with van der Waals surface area (Å²) >= 11 is 5.91. The Labute approximate surface area is 104 Å². The second-order valence-corrected chi connectivity index (χ2v) is 4.56. The maximum absolute atomic E-state index is 5.91. The summed E-state index contributed by atoms with van der Waals surface area (Å²) in [5, 5.41) is 12.4. The van der Waals surface area contributed by atoms with Crippen LogP contribution in [-0.2, 0) is 0 Å². The number of piperazine rings is 1. The second-order valence-electron chi connectivity index (χ2n) is 4.22. The Morgan fingerprint density at radius 3 is 2.65 bits per heavy atom. The summed E-state index contributed by atoms with van der Waals surface area (Å²) in [5.74, 6) is 0.923. The minimum atomic E-state index is 0.302. The number of hydrogen-bond acceptors (Lipinski definition) is 5. The van der Waals surface area contributed by atoms with Crippen molar-refractivity contribution in [1.82, 2.24) is 24.7 Å². The molecule has 1 aliphatic rings. The predicted octanol–water partition coefficient (Wildman–Crippen LogP) is 0.529. The topological polar surface area (TPSA) is 49.6 Å². The molecule has 6 nitrogen and oxygen atoms in total. The van der Waals surface area contributed by atoms with Gasteiger partial charge in [-0.3, -0.25) is 0 Å². The summed E-state index contributed by atoms with van der Waals surface area (Å²) < 4.78 is 1.56. The van der Waals surface area contributed by atoms with E-state index in [2.05, 4.69) is 32.1 Å². The summed E-state index contributed by atoms with van der Waals surface area (Å²) in [6.07, 6.45) is 0. The lowest BCUT2D eigenvalue weighted by Crippen LogP contribution is -2.44. The monoisotopic (exact) mass is 252 g/mol. The highest BCUT2D eigenvalue weighted by Crippen LogP contribution is 2.15. The Hall–Kier alpha value is -1.40. The zero-order chi connectivity index (χ0) is 11.8. The molecule has 0 atom stereocenters. The molecule has 0 aromatic carbocycles. The van der Waals surface area contributed by atoms with Crippen LogP contribution in [0.2, 0.25) is 5.28 Å². The molecule has 1 aliphatic heterocycles. The van der Waals surface area contributed by atoms with Crippen LogP contribution in [-0.4, -0.2) is 57.9 Å². The van der Waals surface area contributed by atoms with Crippen molar-refractivity contribution in [3.8, 4) is 0 Å². The molecule has 0 saturated carbocycles. The van der Waals surface area contributed by atoms with Gasteiger partial charge in [-0.15, -0.1) is 15.3 Å². The number of anilines is 1. The van der Waals surface area contributed by atoms with E-state index in [1.165, 1.54) is 0 Å². The Balaban J connectivity index is 1.92. The number of rotatable bonds is 1. The fraction of sp³-hybridized carbons (Fsp3) is 0.500. The predicted molar refractivity (Wildman–Crippen MR) is 65.5 cm³/mol. The second kappa shape index (κ2) is 4.12. The van der Waals surface area contributed by atoms with Gasteiger partial charge in [-0.05, 0) is 30.8 Å². The molecule has 2 aromatic rings. The van der Waals surface area contributed by atoms with Crippen LogP contribution < -0.4 is 4.90 Å². The number of likely N-dealkylation sites (N-methyl/N-ethyl adjacent to an activating group) is 1. The average molecular weight is 253 g/mol. The lowest BCUT2D eigenvalue weighted by Gasteiger charge is -2.32. The fourth-order valence-electron chi connectivity index (χ4n) is 1.96. The third kappa shape index (κ3) is 1.94. The molecule has 1 fully saturated rings. The molecule has 3 heterocycles. The van der Waals surface area contributed by atoms with Crippen molar-refractivity contribution >= 4 is 23.1 Å². The Bertz CT molecular complexity index is 531. The zero-order valence-corrected chi connectivity index (χ0v) is 10.3. The van der Waals surface area contributed by atoms with Crippen molar-refractivity contribution in [2.75, 3.05) is 38.1 Å². The Kier molecular flexibility index (Phi) is 2.60. The first-order valence-electron chi connectivity index (χ1n) is 5.55.